The lowest BCUT2D eigenvalue weighted by atomic mass is 10.1. The summed E-state index contributed by atoms with van der Waals surface area (Å²) >= 11 is 0. The molecule has 1 saturated heterocycles. The number of hydrogen-bond acceptors (Lipinski definition) is 2. The van der Waals surface area contributed by atoms with Gasteiger partial charge in [0.1, 0.15) is 0 Å². The highest BCUT2D eigenvalue weighted by molar-refractivity contribution is 5.85. The summed E-state index contributed by atoms with van der Waals surface area (Å²) in [7, 11) is 1.78. The molecule has 1 aliphatic heterocycles. The Balaban J connectivity index is 0. The molecule has 2 nitrogen and oxygen atoms in total. The van der Waals surface area contributed by atoms with E-state index in [-0.39, 0.29) is 31.4 Å². The van der Waals surface area contributed by atoms with Gasteiger partial charge in [0, 0.05) is 12.6 Å². The van der Waals surface area contributed by atoms with Gasteiger partial charge in [-0.1, -0.05) is 0 Å². The molecular formula is C9H19Cl2F3N2. The molecule has 16 heavy (non-hydrogen) atoms. The first-order valence-electron chi connectivity index (χ1n) is 4.97. The van der Waals surface area contributed by atoms with Gasteiger partial charge in [0.25, 0.3) is 0 Å². The summed E-state index contributed by atoms with van der Waals surface area (Å²) in [6.45, 7) is 1.95. The van der Waals surface area contributed by atoms with Gasteiger partial charge in [-0.05, 0) is 33.0 Å². The first-order chi connectivity index (χ1) is 6.49. The fourth-order valence-electron chi connectivity index (χ4n) is 1.73. The van der Waals surface area contributed by atoms with Crippen LogP contribution < -0.4 is 5.32 Å². The van der Waals surface area contributed by atoms with E-state index in [1.165, 1.54) is 0 Å². The normalized spacial score (nSPS) is 17.8. The Morgan fingerprint density at radius 3 is 2.12 bits per heavy atom. The molecule has 0 radical (unpaired) electrons. The second-order valence-corrected chi connectivity index (χ2v) is 3.83. The molecule has 7 heteroatoms. The fourth-order valence-corrected chi connectivity index (χ4v) is 1.73. The molecular weight excluding hydrogens is 264 g/mol. The Kier molecular flexibility index (Phi) is 9.78. The molecule has 1 N–H and O–H groups in total. The molecule has 0 saturated carbocycles. The van der Waals surface area contributed by atoms with Gasteiger partial charge in [-0.2, -0.15) is 13.2 Å². The molecule has 0 aromatic rings. The number of piperidine rings is 1. The van der Waals surface area contributed by atoms with Gasteiger partial charge in [-0.25, -0.2) is 0 Å². The van der Waals surface area contributed by atoms with Crippen LogP contribution >= 0.6 is 24.8 Å². The van der Waals surface area contributed by atoms with E-state index in [0.717, 1.165) is 25.9 Å². The van der Waals surface area contributed by atoms with E-state index in [0.29, 0.717) is 6.04 Å². The summed E-state index contributed by atoms with van der Waals surface area (Å²) < 4.78 is 35.8. The highest BCUT2D eigenvalue weighted by Crippen LogP contribution is 2.21. The van der Waals surface area contributed by atoms with Crippen molar-refractivity contribution in [3.63, 3.8) is 0 Å². The van der Waals surface area contributed by atoms with Crippen LogP contribution in [0, 0.1) is 0 Å². The van der Waals surface area contributed by atoms with Crippen LogP contribution in [-0.4, -0.2) is 43.8 Å². The largest absolute Gasteiger partial charge is 0.390 e. The minimum absolute atomic E-state index is 0. The van der Waals surface area contributed by atoms with Crippen molar-refractivity contribution in [2.45, 2.75) is 31.5 Å². The van der Waals surface area contributed by atoms with E-state index >= 15 is 0 Å². The summed E-state index contributed by atoms with van der Waals surface area (Å²) in [6.07, 6.45) is -2.82. The van der Waals surface area contributed by atoms with Crippen molar-refractivity contribution in [3.05, 3.63) is 0 Å². The number of halogens is 5. The predicted octanol–water partition coefficient (Wildman–Crippen LogP) is 2.47. The maximum atomic E-state index is 11.9. The SMILES string of the molecule is CN(CCC(F)(F)F)C1CCNCC1.Cl.Cl. The summed E-state index contributed by atoms with van der Waals surface area (Å²) in [5.74, 6) is 0. The van der Waals surface area contributed by atoms with Crippen molar-refractivity contribution >= 4 is 24.8 Å². The van der Waals surface area contributed by atoms with Crippen LogP contribution in [0.15, 0.2) is 0 Å². The maximum Gasteiger partial charge on any atom is 0.390 e. The van der Waals surface area contributed by atoms with E-state index in [9.17, 15) is 13.2 Å². The van der Waals surface area contributed by atoms with E-state index in [4.69, 9.17) is 0 Å². The molecule has 0 bridgehead atoms. The minimum Gasteiger partial charge on any atom is -0.317 e. The Labute approximate surface area is 107 Å². The lowest BCUT2D eigenvalue weighted by molar-refractivity contribution is -0.138. The Hall–Kier alpha value is 0.290. The molecule has 1 heterocycles. The van der Waals surface area contributed by atoms with E-state index in [1.54, 1.807) is 7.05 Å². The van der Waals surface area contributed by atoms with Crippen molar-refractivity contribution in [1.29, 1.82) is 0 Å². The van der Waals surface area contributed by atoms with Crippen molar-refractivity contribution in [3.8, 4) is 0 Å². The zero-order valence-electron chi connectivity index (χ0n) is 9.22. The zero-order valence-corrected chi connectivity index (χ0v) is 10.9. The quantitative estimate of drug-likeness (QED) is 0.856. The summed E-state index contributed by atoms with van der Waals surface area (Å²) in [5, 5.41) is 3.19. The van der Waals surface area contributed by atoms with Crippen molar-refractivity contribution < 1.29 is 13.2 Å². The lowest BCUT2D eigenvalue weighted by Gasteiger charge is -2.31. The number of rotatable bonds is 3. The molecule has 0 amide bonds. The van der Waals surface area contributed by atoms with Crippen LogP contribution in [0.2, 0.25) is 0 Å². The van der Waals surface area contributed by atoms with Crippen LogP contribution in [0.1, 0.15) is 19.3 Å². The van der Waals surface area contributed by atoms with Crippen LogP contribution in [-0.2, 0) is 0 Å². The number of nitrogens with zero attached hydrogens (tertiary/aromatic N) is 1. The van der Waals surface area contributed by atoms with Gasteiger partial charge in [0.05, 0.1) is 6.42 Å². The van der Waals surface area contributed by atoms with Gasteiger partial charge in [-0.15, -0.1) is 24.8 Å². The average Bonchev–Trinajstić information content (AvgIpc) is 2.14. The smallest absolute Gasteiger partial charge is 0.317 e. The summed E-state index contributed by atoms with van der Waals surface area (Å²) in [4.78, 5) is 1.83. The van der Waals surface area contributed by atoms with Crippen molar-refractivity contribution in [2.75, 3.05) is 26.7 Å². The van der Waals surface area contributed by atoms with Crippen LogP contribution in [0.4, 0.5) is 13.2 Å². The first kappa shape index (κ1) is 18.6. The number of alkyl halides is 3. The summed E-state index contributed by atoms with van der Waals surface area (Å²) in [6, 6.07) is 0.318. The molecule has 1 rings (SSSR count). The fraction of sp³-hybridized carbons (Fsp3) is 1.00. The third kappa shape index (κ3) is 7.54. The standard InChI is InChI=1S/C9H17F3N2.2ClH/c1-14(7-4-9(10,11)12)8-2-5-13-6-3-8;;/h8,13H,2-7H2,1H3;2*1H. The third-order valence-electron chi connectivity index (χ3n) is 2.68. The lowest BCUT2D eigenvalue weighted by Crippen LogP contribution is -2.42. The molecule has 0 aliphatic carbocycles. The van der Waals surface area contributed by atoms with Crippen LogP contribution in [0.5, 0.6) is 0 Å². The summed E-state index contributed by atoms with van der Waals surface area (Å²) in [5.41, 5.74) is 0. The highest BCUT2D eigenvalue weighted by atomic mass is 35.5. The molecule has 0 aromatic carbocycles. The van der Waals surface area contributed by atoms with Gasteiger partial charge >= 0.3 is 6.18 Å². The average molecular weight is 283 g/mol. The third-order valence-corrected chi connectivity index (χ3v) is 2.68. The Morgan fingerprint density at radius 2 is 1.69 bits per heavy atom. The molecule has 0 atom stereocenters. The highest BCUT2D eigenvalue weighted by Gasteiger charge is 2.28. The minimum atomic E-state index is -4.03. The topological polar surface area (TPSA) is 15.3 Å². The number of hydrogen-bond donors (Lipinski definition) is 1. The molecule has 0 spiro atoms. The van der Waals surface area contributed by atoms with Crippen LogP contribution in [0.25, 0.3) is 0 Å². The van der Waals surface area contributed by atoms with Crippen LogP contribution in [0.3, 0.4) is 0 Å². The molecule has 0 aromatic heterocycles. The molecule has 100 valence electrons. The molecule has 1 fully saturated rings. The Morgan fingerprint density at radius 1 is 1.19 bits per heavy atom. The van der Waals surface area contributed by atoms with Gasteiger partial charge in [0.2, 0.25) is 0 Å². The predicted molar refractivity (Wildman–Crippen MR) is 63.7 cm³/mol. The van der Waals surface area contributed by atoms with E-state index in [2.05, 4.69) is 5.32 Å². The molecule has 1 aliphatic rings. The zero-order chi connectivity index (χ0) is 10.6. The van der Waals surface area contributed by atoms with Crippen molar-refractivity contribution in [2.24, 2.45) is 0 Å². The number of nitrogens with one attached hydrogen (secondary N) is 1. The second-order valence-electron chi connectivity index (χ2n) is 3.83. The van der Waals surface area contributed by atoms with E-state index < -0.39 is 12.6 Å². The molecule has 0 unspecified atom stereocenters. The first-order valence-corrected chi connectivity index (χ1v) is 4.97. The maximum absolute atomic E-state index is 11.9. The second kappa shape index (κ2) is 8.39. The monoisotopic (exact) mass is 282 g/mol. The van der Waals surface area contributed by atoms with Gasteiger partial charge in [0.15, 0.2) is 0 Å². The van der Waals surface area contributed by atoms with Gasteiger partial charge < -0.3 is 10.2 Å². The Bertz CT molecular complexity index is 173. The van der Waals surface area contributed by atoms with Gasteiger partial charge in [-0.3, -0.25) is 0 Å². The van der Waals surface area contributed by atoms with E-state index in [1.807, 2.05) is 4.90 Å². The van der Waals surface area contributed by atoms with Crippen molar-refractivity contribution in [1.82, 2.24) is 10.2 Å².